The molecular formula is C19H16O6. The fourth-order valence-electron chi connectivity index (χ4n) is 2.46. The van der Waals surface area contributed by atoms with Gasteiger partial charge in [-0.1, -0.05) is 0 Å². The summed E-state index contributed by atoms with van der Waals surface area (Å²) in [5.41, 5.74) is 0.980. The molecule has 0 saturated heterocycles. The van der Waals surface area contributed by atoms with Crippen molar-refractivity contribution in [2.75, 3.05) is 14.2 Å². The minimum absolute atomic E-state index is 0.271. The van der Waals surface area contributed by atoms with Gasteiger partial charge in [0, 0.05) is 23.6 Å². The van der Waals surface area contributed by atoms with E-state index in [9.17, 15) is 9.59 Å². The van der Waals surface area contributed by atoms with Crippen LogP contribution in [0.15, 0.2) is 51.7 Å². The van der Waals surface area contributed by atoms with Gasteiger partial charge >= 0.3 is 11.6 Å². The molecule has 0 atom stereocenters. The highest BCUT2D eigenvalue weighted by atomic mass is 16.5. The second-order valence-corrected chi connectivity index (χ2v) is 5.40. The first-order valence-corrected chi connectivity index (χ1v) is 7.50. The number of fused-ring (bicyclic) bond motifs is 1. The van der Waals surface area contributed by atoms with Gasteiger partial charge in [0.05, 0.1) is 19.8 Å². The van der Waals surface area contributed by atoms with Crippen molar-refractivity contribution >= 4 is 16.9 Å². The fraction of sp³-hybridized carbons (Fsp3) is 0.158. The van der Waals surface area contributed by atoms with Crippen molar-refractivity contribution in [3.05, 3.63) is 64.0 Å². The Morgan fingerprint density at radius 3 is 2.24 bits per heavy atom. The number of carbonyl (C=O) groups is 1. The van der Waals surface area contributed by atoms with Crippen molar-refractivity contribution in [2.45, 2.75) is 6.92 Å². The Morgan fingerprint density at radius 2 is 1.60 bits per heavy atom. The van der Waals surface area contributed by atoms with E-state index in [4.69, 9.17) is 18.6 Å². The molecule has 3 aromatic rings. The number of hydrogen-bond donors (Lipinski definition) is 0. The molecule has 6 nitrogen and oxygen atoms in total. The van der Waals surface area contributed by atoms with Crippen LogP contribution in [0.3, 0.4) is 0 Å². The SMILES string of the molecule is COc1cc(OC)cc(C(=O)Oc2ccc3c(C)cc(=O)oc3c2)c1. The Labute approximate surface area is 143 Å². The van der Waals surface area contributed by atoms with Gasteiger partial charge in [-0.3, -0.25) is 0 Å². The average Bonchev–Trinajstić information content (AvgIpc) is 2.60. The van der Waals surface area contributed by atoms with Gasteiger partial charge in [-0.2, -0.15) is 0 Å². The molecule has 1 heterocycles. The molecule has 0 spiro atoms. The van der Waals surface area contributed by atoms with Crippen molar-refractivity contribution in [2.24, 2.45) is 0 Å². The molecular weight excluding hydrogens is 324 g/mol. The first-order chi connectivity index (χ1) is 12.0. The van der Waals surface area contributed by atoms with Crippen LogP contribution in [0.1, 0.15) is 15.9 Å². The average molecular weight is 340 g/mol. The number of esters is 1. The quantitative estimate of drug-likeness (QED) is 0.412. The molecule has 0 N–H and O–H groups in total. The Balaban J connectivity index is 1.93. The lowest BCUT2D eigenvalue weighted by molar-refractivity contribution is 0.0734. The predicted octanol–water partition coefficient (Wildman–Crippen LogP) is 3.34. The maximum Gasteiger partial charge on any atom is 0.343 e. The smallest absolute Gasteiger partial charge is 0.343 e. The molecule has 1 aromatic heterocycles. The lowest BCUT2D eigenvalue weighted by Crippen LogP contribution is -2.09. The van der Waals surface area contributed by atoms with Gasteiger partial charge < -0.3 is 18.6 Å². The molecule has 0 aliphatic rings. The first-order valence-electron chi connectivity index (χ1n) is 7.50. The number of rotatable bonds is 4. The van der Waals surface area contributed by atoms with Crippen LogP contribution in [0, 0.1) is 6.92 Å². The molecule has 0 amide bonds. The summed E-state index contributed by atoms with van der Waals surface area (Å²) in [7, 11) is 3.00. The van der Waals surface area contributed by atoms with Crippen LogP contribution in [0.5, 0.6) is 17.2 Å². The summed E-state index contributed by atoms with van der Waals surface area (Å²) >= 11 is 0. The molecule has 3 rings (SSSR count). The third-order valence-electron chi connectivity index (χ3n) is 3.72. The summed E-state index contributed by atoms with van der Waals surface area (Å²) < 4.78 is 20.8. The van der Waals surface area contributed by atoms with Gasteiger partial charge in [-0.15, -0.1) is 0 Å². The molecule has 0 bridgehead atoms. The van der Waals surface area contributed by atoms with Gasteiger partial charge in [0.1, 0.15) is 22.8 Å². The van der Waals surface area contributed by atoms with E-state index in [1.54, 1.807) is 30.3 Å². The maximum absolute atomic E-state index is 12.4. The fourth-order valence-corrected chi connectivity index (χ4v) is 2.46. The second kappa shape index (κ2) is 6.68. The van der Waals surface area contributed by atoms with Gasteiger partial charge in [-0.05, 0) is 36.8 Å². The summed E-state index contributed by atoms with van der Waals surface area (Å²) in [5, 5.41) is 0.780. The lowest BCUT2D eigenvalue weighted by Gasteiger charge is -2.09. The molecule has 0 aliphatic heterocycles. The third kappa shape index (κ3) is 3.47. The van der Waals surface area contributed by atoms with E-state index in [0.717, 1.165) is 10.9 Å². The molecule has 0 fully saturated rings. The predicted molar refractivity (Wildman–Crippen MR) is 91.7 cm³/mol. The van der Waals surface area contributed by atoms with Gasteiger partial charge in [0.15, 0.2) is 0 Å². The van der Waals surface area contributed by atoms with Crippen molar-refractivity contribution in [3.63, 3.8) is 0 Å². The van der Waals surface area contributed by atoms with Crippen LogP contribution in [0.25, 0.3) is 11.0 Å². The molecule has 128 valence electrons. The minimum atomic E-state index is -0.577. The van der Waals surface area contributed by atoms with Crippen LogP contribution < -0.4 is 19.8 Å². The highest BCUT2D eigenvalue weighted by molar-refractivity contribution is 5.92. The maximum atomic E-state index is 12.4. The number of benzene rings is 2. The lowest BCUT2D eigenvalue weighted by atomic mass is 10.1. The van der Waals surface area contributed by atoms with E-state index in [1.165, 1.54) is 26.4 Å². The van der Waals surface area contributed by atoms with Crippen molar-refractivity contribution in [1.82, 2.24) is 0 Å². The van der Waals surface area contributed by atoms with E-state index in [2.05, 4.69) is 0 Å². The molecule has 2 aromatic carbocycles. The molecule has 0 saturated carbocycles. The van der Waals surface area contributed by atoms with Gasteiger partial charge in [0.25, 0.3) is 0 Å². The van der Waals surface area contributed by atoms with Crippen molar-refractivity contribution in [1.29, 1.82) is 0 Å². The first kappa shape index (κ1) is 16.6. The van der Waals surface area contributed by atoms with E-state index in [0.29, 0.717) is 17.1 Å². The number of methoxy groups -OCH3 is 2. The molecule has 0 radical (unpaired) electrons. The van der Waals surface area contributed by atoms with Crippen LogP contribution in [0.2, 0.25) is 0 Å². The van der Waals surface area contributed by atoms with Crippen molar-refractivity contribution in [3.8, 4) is 17.2 Å². The zero-order valence-corrected chi connectivity index (χ0v) is 14.0. The molecule has 6 heteroatoms. The van der Waals surface area contributed by atoms with Gasteiger partial charge in [-0.25, -0.2) is 9.59 Å². The number of aryl methyl sites for hydroxylation is 1. The second-order valence-electron chi connectivity index (χ2n) is 5.40. The monoisotopic (exact) mass is 340 g/mol. The Morgan fingerprint density at radius 1 is 0.920 bits per heavy atom. The highest BCUT2D eigenvalue weighted by Gasteiger charge is 2.13. The van der Waals surface area contributed by atoms with Crippen LogP contribution in [0.4, 0.5) is 0 Å². The van der Waals surface area contributed by atoms with E-state index in [-0.39, 0.29) is 11.3 Å². The number of ether oxygens (including phenoxy) is 3. The number of hydrogen-bond acceptors (Lipinski definition) is 6. The van der Waals surface area contributed by atoms with Crippen LogP contribution in [-0.4, -0.2) is 20.2 Å². The van der Waals surface area contributed by atoms with E-state index in [1.807, 2.05) is 6.92 Å². The van der Waals surface area contributed by atoms with Crippen LogP contribution in [-0.2, 0) is 0 Å². The summed E-state index contributed by atoms with van der Waals surface area (Å²) in [6.07, 6.45) is 0. The van der Waals surface area contributed by atoms with Gasteiger partial charge in [0.2, 0.25) is 0 Å². The summed E-state index contributed by atoms with van der Waals surface area (Å²) in [6, 6.07) is 11.1. The molecule has 25 heavy (non-hydrogen) atoms. The summed E-state index contributed by atoms with van der Waals surface area (Å²) in [6.45, 7) is 1.81. The summed E-state index contributed by atoms with van der Waals surface area (Å²) in [4.78, 5) is 23.9. The molecule has 0 aliphatic carbocycles. The van der Waals surface area contributed by atoms with E-state index >= 15 is 0 Å². The Kier molecular flexibility index (Phi) is 4.43. The zero-order chi connectivity index (χ0) is 18.0. The summed E-state index contributed by atoms with van der Waals surface area (Å²) in [5.74, 6) is 0.650. The normalized spacial score (nSPS) is 10.5. The highest BCUT2D eigenvalue weighted by Crippen LogP contribution is 2.25. The zero-order valence-electron chi connectivity index (χ0n) is 14.0. The third-order valence-corrected chi connectivity index (χ3v) is 3.72. The number of carbonyl (C=O) groups excluding carboxylic acids is 1. The van der Waals surface area contributed by atoms with Crippen LogP contribution >= 0.6 is 0 Å². The standard InChI is InChI=1S/C19H16O6/c1-11-6-18(20)25-17-10-13(4-5-16(11)17)24-19(21)12-7-14(22-2)9-15(8-12)23-3/h4-10H,1-3H3. The van der Waals surface area contributed by atoms with Crippen molar-refractivity contribution < 1.29 is 23.4 Å². The topological polar surface area (TPSA) is 75.0 Å². The largest absolute Gasteiger partial charge is 0.497 e. The minimum Gasteiger partial charge on any atom is -0.497 e. The molecule has 0 unspecified atom stereocenters. The Bertz CT molecular complexity index is 980. The van der Waals surface area contributed by atoms with E-state index < -0.39 is 11.6 Å². The Hall–Kier alpha value is -3.28.